The molecule has 2 atom stereocenters. The number of hydrogen-bond donors (Lipinski definition) is 0. The maximum Gasteiger partial charge on any atom is -0.0152 e. The van der Waals surface area contributed by atoms with Gasteiger partial charge in [-0.25, -0.2) is 0 Å². The van der Waals surface area contributed by atoms with Crippen molar-refractivity contribution >= 4 is 6.08 Å². The third-order valence-electron chi connectivity index (χ3n) is 8.56. The smallest absolute Gasteiger partial charge is 0.0152 e. The summed E-state index contributed by atoms with van der Waals surface area (Å²) in [4.78, 5) is 0. The fraction of sp³-hybridized carbons (Fsp3) is 0.556. The van der Waals surface area contributed by atoms with Crippen LogP contribution in [0.3, 0.4) is 0 Å². The lowest BCUT2D eigenvalue weighted by Crippen LogP contribution is -2.27. The minimum absolute atomic E-state index is 0.234. The first-order valence-electron chi connectivity index (χ1n) is 21.2. The molecule has 54 heavy (non-hydrogen) atoms. The molecule has 0 heterocycles. The van der Waals surface area contributed by atoms with E-state index in [4.69, 9.17) is 0 Å². The van der Waals surface area contributed by atoms with Crippen LogP contribution < -0.4 is 0 Å². The molecule has 0 aliphatic rings. The molecule has 0 nitrogen and oxygen atoms in total. The van der Waals surface area contributed by atoms with Crippen LogP contribution in [0.4, 0.5) is 0 Å². The second kappa shape index (κ2) is 29.2. The van der Waals surface area contributed by atoms with E-state index < -0.39 is 0 Å². The third kappa shape index (κ3) is 29.3. The zero-order valence-electron chi connectivity index (χ0n) is 39.3. The maximum absolute atomic E-state index is 4.23. The van der Waals surface area contributed by atoms with Crippen molar-refractivity contribution in [2.45, 2.75) is 175 Å². The summed E-state index contributed by atoms with van der Waals surface area (Å²) in [7, 11) is 0. The van der Waals surface area contributed by atoms with E-state index in [0.29, 0.717) is 22.7 Å². The van der Waals surface area contributed by atoms with E-state index in [1.54, 1.807) is 0 Å². The van der Waals surface area contributed by atoms with Crippen LogP contribution in [0.25, 0.3) is 6.08 Å². The first-order chi connectivity index (χ1) is 25.1. The van der Waals surface area contributed by atoms with Gasteiger partial charge in [-0.05, 0) is 109 Å². The second-order valence-corrected chi connectivity index (χ2v) is 18.2. The first-order valence-corrected chi connectivity index (χ1v) is 21.2. The molecule has 3 aromatic rings. The van der Waals surface area contributed by atoms with Crippen molar-refractivity contribution < 1.29 is 0 Å². The second-order valence-electron chi connectivity index (χ2n) is 18.2. The Balaban J connectivity index is -0.00000120. The van der Waals surface area contributed by atoms with Gasteiger partial charge in [-0.1, -0.05) is 219 Å². The molecule has 306 valence electrons. The molecule has 0 aliphatic heterocycles. The zero-order valence-corrected chi connectivity index (χ0v) is 39.3. The Morgan fingerprint density at radius 1 is 0.500 bits per heavy atom. The van der Waals surface area contributed by atoms with Crippen LogP contribution in [0, 0.1) is 21.7 Å². The molecule has 0 spiro atoms. The SMILES string of the molecule is C=C(C)C.C=C(C)CC(C)(C)CC(CC(C)(C)CC(CC(C)(C)CC(C)(C)C)c1ccccc1)c1ccccc1.C=Cc1ccccc1.CC.CC.CC. The van der Waals surface area contributed by atoms with Gasteiger partial charge in [0.1, 0.15) is 0 Å². The average Bonchev–Trinajstić information content (AvgIpc) is 3.09. The normalized spacial score (nSPS) is 12.0. The summed E-state index contributed by atoms with van der Waals surface area (Å²) in [6, 6.07) is 32.6. The summed E-state index contributed by atoms with van der Waals surface area (Å²) < 4.78 is 0. The Morgan fingerprint density at radius 2 is 0.796 bits per heavy atom. The van der Waals surface area contributed by atoms with Crippen LogP contribution in [-0.4, -0.2) is 0 Å². The quantitative estimate of drug-likeness (QED) is 0.144. The molecule has 0 fully saturated rings. The van der Waals surface area contributed by atoms with Crippen molar-refractivity contribution in [1.29, 1.82) is 0 Å². The minimum atomic E-state index is 0.234. The molecule has 0 bridgehead atoms. The van der Waals surface area contributed by atoms with E-state index in [0.717, 1.165) is 6.42 Å². The van der Waals surface area contributed by atoms with Gasteiger partial charge in [-0.15, -0.1) is 13.2 Å². The van der Waals surface area contributed by atoms with Gasteiger partial charge in [0.2, 0.25) is 0 Å². The minimum Gasteiger partial charge on any atom is -0.100 e. The van der Waals surface area contributed by atoms with Crippen molar-refractivity contribution in [1.82, 2.24) is 0 Å². The van der Waals surface area contributed by atoms with E-state index in [2.05, 4.69) is 150 Å². The van der Waals surface area contributed by atoms with E-state index in [1.807, 2.05) is 91.8 Å². The average molecular weight is 739 g/mol. The fourth-order valence-electron chi connectivity index (χ4n) is 7.80. The van der Waals surface area contributed by atoms with Gasteiger partial charge < -0.3 is 0 Å². The summed E-state index contributed by atoms with van der Waals surface area (Å²) in [6.07, 6.45) is 9.01. The molecule has 3 aromatic carbocycles. The van der Waals surface area contributed by atoms with Gasteiger partial charge in [0.05, 0.1) is 0 Å². The molecular weight excluding hydrogens is 649 g/mol. The van der Waals surface area contributed by atoms with Gasteiger partial charge in [0.25, 0.3) is 0 Å². The summed E-state index contributed by atoms with van der Waals surface area (Å²) in [5, 5.41) is 0. The predicted octanol–water partition coefficient (Wildman–Crippen LogP) is 18.6. The molecule has 0 radical (unpaired) electrons. The zero-order chi connectivity index (χ0) is 42.6. The highest BCUT2D eigenvalue weighted by atomic mass is 14.4. The third-order valence-corrected chi connectivity index (χ3v) is 8.56. The number of benzene rings is 3. The highest BCUT2D eigenvalue weighted by Crippen LogP contribution is 2.48. The Kier molecular flexibility index (Phi) is 29.9. The van der Waals surface area contributed by atoms with Gasteiger partial charge >= 0.3 is 0 Å². The van der Waals surface area contributed by atoms with Crippen molar-refractivity contribution in [2.24, 2.45) is 21.7 Å². The Hall–Kier alpha value is -3.12. The number of allylic oxidation sites excluding steroid dienone is 2. The first kappa shape index (κ1) is 55.2. The molecule has 0 heteroatoms. The molecule has 0 saturated heterocycles. The standard InChI is InChI=1S/C36H56.C8H8.C4H8.3C2H6/c1-28(2)22-34(6,7)23-31(29-18-14-12-15-19-29)24-35(8,9)25-32(30-20-16-13-17-21-30)26-36(10,11)27-33(3,4)5;1-2-8-6-4-3-5-7-8;1-4(2)3;3*1-2/h12-21,31-32H,1,22-27H2,2-11H3;2-7H,1H2;1H2,2-3H3;3*1-2H3. The summed E-state index contributed by atoms with van der Waals surface area (Å²) in [6.45, 7) is 51.5. The largest absolute Gasteiger partial charge is 0.100 e. The molecule has 0 saturated carbocycles. The van der Waals surface area contributed by atoms with Gasteiger partial charge in [-0.3, -0.25) is 0 Å². The summed E-state index contributed by atoms with van der Waals surface area (Å²) >= 11 is 0. The van der Waals surface area contributed by atoms with E-state index in [1.165, 1.54) is 59.9 Å². The van der Waals surface area contributed by atoms with Gasteiger partial charge in [0.15, 0.2) is 0 Å². The van der Waals surface area contributed by atoms with E-state index in [9.17, 15) is 0 Å². The molecular formula is C54H90. The predicted molar refractivity (Wildman–Crippen MR) is 253 cm³/mol. The van der Waals surface area contributed by atoms with Crippen LogP contribution in [0.15, 0.2) is 122 Å². The topological polar surface area (TPSA) is 0 Å². The maximum atomic E-state index is 4.23. The van der Waals surface area contributed by atoms with E-state index >= 15 is 0 Å². The van der Waals surface area contributed by atoms with Crippen LogP contribution in [-0.2, 0) is 0 Å². The Bertz CT molecular complexity index is 1330. The Labute approximate surface area is 340 Å². The van der Waals surface area contributed by atoms with Crippen molar-refractivity contribution in [3.8, 4) is 0 Å². The van der Waals surface area contributed by atoms with Crippen LogP contribution in [0.5, 0.6) is 0 Å². The molecule has 0 amide bonds. The van der Waals surface area contributed by atoms with Crippen molar-refractivity contribution in [3.63, 3.8) is 0 Å². The molecule has 0 aliphatic carbocycles. The lowest BCUT2D eigenvalue weighted by molar-refractivity contribution is 0.159. The number of hydrogen-bond acceptors (Lipinski definition) is 0. The van der Waals surface area contributed by atoms with Crippen LogP contribution >= 0.6 is 0 Å². The van der Waals surface area contributed by atoms with E-state index in [-0.39, 0.29) is 10.8 Å². The summed E-state index contributed by atoms with van der Waals surface area (Å²) in [5.74, 6) is 1.12. The lowest BCUT2D eigenvalue weighted by Gasteiger charge is -2.40. The van der Waals surface area contributed by atoms with Crippen molar-refractivity contribution in [2.75, 3.05) is 0 Å². The molecule has 2 unspecified atom stereocenters. The van der Waals surface area contributed by atoms with Crippen molar-refractivity contribution in [3.05, 3.63) is 139 Å². The van der Waals surface area contributed by atoms with Crippen LogP contribution in [0.1, 0.15) is 192 Å². The fourth-order valence-corrected chi connectivity index (χ4v) is 7.80. The molecule has 3 rings (SSSR count). The monoisotopic (exact) mass is 739 g/mol. The van der Waals surface area contributed by atoms with Crippen LogP contribution in [0.2, 0.25) is 0 Å². The lowest BCUT2D eigenvalue weighted by atomic mass is 9.65. The summed E-state index contributed by atoms with van der Waals surface area (Å²) in [5.41, 5.74) is 7.75. The number of rotatable bonds is 14. The Morgan fingerprint density at radius 3 is 1.07 bits per heavy atom. The van der Waals surface area contributed by atoms with Gasteiger partial charge in [0, 0.05) is 0 Å². The highest BCUT2D eigenvalue weighted by molar-refractivity contribution is 5.45. The van der Waals surface area contributed by atoms with Gasteiger partial charge in [-0.2, -0.15) is 0 Å². The highest BCUT2D eigenvalue weighted by Gasteiger charge is 2.35. The molecule has 0 N–H and O–H groups in total. The molecule has 0 aromatic heterocycles.